The Kier molecular flexibility index (Phi) is 4.26. The van der Waals surface area contributed by atoms with Crippen LogP contribution in [-0.4, -0.2) is 26.4 Å². The smallest absolute Gasteiger partial charge is 0.255 e. The maximum atomic E-state index is 13.3. The second kappa shape index (κ2) is 6.20. The number of hydrogen-bond acceptors (Lipinski definition) is 4. The van der Waals surface area contributed by atoms with Gasteiger partial charge in [0.15, 0.2) is 0 Å². The van der Waals surface area contributed by atoms with Crippen LogP contribution in [0.15, 0.2) is 17.1 Å². The maximum absolute atomic E-state index is 13.3. The van der Waals surface area contributed by atoms with Crippen molar-refractivity contribution in [2.45, 2.75) is 46.2 Å². The summed E-state index contributed by atoms with van der Waals surface area (Å²) < 4.78 is 13.3. The standard InChI is InChI=1S/C17H21FN4O/c1-10(2)16-20-14-4-5-22(9-13(14)17(23)21-16)8-12-6-11(3)15(18)19-7-12/h6-7,10H,4-5,8-9H2,1-3H3,(H,20,21,23). The summed E-state index contributed by atoms with van der Waals surface area (Å²) in [5, 5.41) is 0. The molecule has 122 valence electrons. The van der Waals surface area contributed by atoms with E-state index in [0.717, 1.165) is 35.6 Å². The highest BCUT2D eigenvalue weighted by Crippen LogP contribution is 2.18. The van der Waals surface area contributed by atoms with Crippen LogP contribution in [0.1, 0.15) is 48.0 Å². The summed E-state index contributed by atoms with van der Waals surface area (Å²) in [4.78, 5) is 25.7. The van der Waals surface area contributed by atoms with E-state index in [4.69, 9.17) is 0 Å². The minimum atomic E-state index is -0.431. The highest BCUT2D eigenvalue weighted by atomic mass is 19.1. The van der Waals surface area contributed by atoms with Gasteiger partial charge < -0.3 is 4.98 Å². The Labute approximate surface area is 134 Å². The van der Waals surface area contributed by atoms with Gasteiger partial charge in [-0.15, -0.1) is 0 Å². The highest BCUT2D eigenvalue weighted by molar-refractivity contribution is 5.23. The molecule has 1 N–H and O–H groups in total. The molecule has 0 amide bonds. The molecule has 0 spiro atoms. The first-order valence-corrected chi connectivity index (χ1v) is 7.89. The Balaban J connectivity index is 1.80. The molecule has 1 aliphatic rings. The van der Waals surface area contributed by atoms with Crippen LogP contribution in [-0.2, 0) is 19.5 Å². The average molecular weight is 316 g/mol. The lowest BCUT2D eigenvalue weighted by Crippen LogP contribution is -2.36. The van der Waals surface area contributed by atoms with Gasteiger partial charge in [0.05, 0.1) is 11.3 Å². The Morgan fingerprint density at radius 1 is 1.43 bits per heavy atom. The van der Waals surface area contributed by atoms with Crippen molar-refractivity contribution < 1.29 is 4.39 Å². The summed E-state index contributed by atoms with van der Waals surface area (Å²) in [6.45, 7) is 7.79. The van der Waals surface area contributed by atoms with Gasteiger partial charge in [-0.1, -0.05) is 13.8 Å². The van der Waals surface area contributed by atoms with Crippen LogP contribution >= 0.6 is 0 Å². The van der Waals surface area contributed by atoms with Gasteiger partial charge in [-0.25, -0.2) is 9.97 Å². The Morgan fingerprint density at radius 3 is 2.91 bits per heavy atom. The van der Waals surface area contributed by atoms with Gasteiger partial charge in [0, 0.05) is 43.7 Å². The van der Waals surface area contributed by atoms with Gasteiger partial charge in [-0.3, -0.25) is 9.69 Å². The molecule has 5 nitrogen and oxygen atoms in total. The second-order valence-electron chi connectivity index (χ2n) is 6.44. The lowest BCUT2D eigenvalue weighted by Gasteiger charge is -2.28. The zero-order valence-electron chi connectivity index (χ0n) is 13.7. The normalized spacial score (nSPS) is 15.0. The summed E-state index contributed by atoms with van der Waals surface area (Å²) in [5.41, 5.74) is 3.10. The van der Waals surface area contributed by atoms with E-state index in [-0.39, 0.29) is 11.5 Å². The van der Waals surface area contributed by atoms with Crippen LogP contribution in [0.5, 0.6) is 0 Å². The predicted octanol–water partition coefficient (Wildman–Crippen LogP) is 2.29. The van der Waals surface area contributed by atoms with Gasteiger partial charge in [-0.05, 0) is 18.6 Å². The molecule has 1 aliphatic heterocycles. The fourth-order valence-electron chi connectivity index (χ4n) is 2.87. The van der Waals surface area contributed by atoms with Crippen LogP contribution < -0.4 is 5.56 Å². The van der Waals surface area contributed by atoms with Crippen molar-refractivity contribution in [1.29, 1.82) is 0 Å². The lowest BCUT2D eigenvalue weighted by atomic mass is 10.1. The molecule has 0 saturated carbocycles. The largest absolute Gasteiger partial charge is 0.310 e. The molecule has 23 heavy (non-hydrogen) atoms. The topological polar surface area (TPSA) is 61.9 Å². The van der Waals surface area contributed by atoms with Crippen LogP contribution in [0.2, 0.25) is 0 Å². The lowest BCUT2D eigenvalue weighted by molar-refractivity contribution is 0.241. The van der Waals surface area contributed by atoms with E-state index < -0.39 is 5.95 Å². The van der Waals surface area contributed by atoms with Crippen LogP contribution in [0.25, 0.3) is 0 Å². The Bertz CT molecular complexity index is 785. The Morgan fingerprint density at radius 2 is 2.22 bits per heavy atom. The molecule has 0 atom stereocenters. The number of rotatable bonds is 3. The first-order valence-electron chi connectivity index (χ1n) is 7.89. The third-order valence-electron chi connectivity index (χ3n) is 4.19. The van der Waals surface area contributed by atoms with Gasteiger partial charge >= 0.3 is 0 Å². The quantitative estimate of drug-likeness (QED) is 0.883. The van der Waals surface area contributed by atoms with Gasteiger partial charge in [-0.2, -0.15) is 4.39 Å². The number of aryl methyl sites for hydroxylation is 1. The molecule has 2 aromatic rings. The molecular formula is C17H21FN4O. The fourth-order valence-corrected chi connectivity index (χ4v) is 2.87. The molecular weight excluding hydrogens is 295 g/mol. The van der Waals surface area contributed by atoms with Gasteiger partial charge in [0.2, 0.25) is 5.95 Å². The number of hydrogen-bond donors (Lipinski definition) is 1. The number of pyridine rings is 1. The molecule has 0 unspecified atom stereocenters. The third-order valence-corrected chi connectivity index (χ3v) is 4.19. The summed E-state index contributed by atoms with van der Waals surface area (Å²) in [6.07, 6.45) is 2.31. The van der Waals surface area contributed by atoms with Crippen LogP contribution in [0.3, 0.4) is 0 Å². The van der Waals surface area contributed by atoms with E-state index in [9.17, 15) is 9.18 Å². The van der Waals surface area contributed by atoms with Crippen molar-refractivity contribution in [2.24, 2.45) is 0 Å². The van der Waals surface area contributed by atoms with E-state index in [1.807, 2.05) is 19.9 Å². The number of fused-ring (bicyclic) bond motifs is 1. The molecule has 6 heteroatoms. The molecule has 3 heterocycles. The van der Waals surface area contributed by atoms with Crippen molar-refractivity contribution in [2.75, 3.05) is 6.54 Å². The SMILES string of the molecule is Cc1cc(CN2CCc3nc(C(C)C)[nH]c(=O)c3C2)cnc1F. The number of halogens is 1. The van der Waals surface area contributed by atoms with E-state index in [1.54, 1.807) is 13.1 Å². The van der Waals surface area contributed by atoms with Crippen molar-refractivity contribution in [1.82, 2.24) is 19.9 Å². The molecule has 0 fully saturated rings. The van der Waals surface area contributed by atoms with Gasteiger partial charge in [0.25, 0.3) is 5.56 Å². The maximum Gasteiger partial charge on any atom is 0.255 e. The molecule has 2 aromatic heterocycles. The molecule has 0 bridgehead atoms. The highest BCUT2D eigenvalue weighted by Gasteiger charge is 2.22. The van der Waals surface area contributed by atoms with E-state index in [2.05, 4.69) is 19.9 Å². The first-order chi connectivity index (χ1) is 10.9. The van der Waals surface area contributed by atoms with E-state index in [1.165, 1.54) is 0 Å². The van der Waals surface area contributed by atoms with Crippen LogP contribution in [0.4, 0.5) is 4.39 Å². The fraction of sp³-hybridized carbons (Fsp3) is 0.471. The Hall–Kier alpha value is -2.08. The molecule has 0 aromatic carbocycles. The number of nitrogens with one attached hydrogen (secondary N) is 1. The van der Waals surface area contributed by atoms with E-state index in [0.29, 0.717) is 18.7 Å². The summed E-state index contributed by atoms with van der Waals surface area (Å²) in [7, 11) is 0. The van der Waals surface area contributed by atoms with Crippen molar-refractivity contribution in [3.8, 4) is 0 Å². The molecule has 0 radical (unpaired) electrons. The van der Waals surface area contributed by atoms with Crippen LogP contribution in [0, 0.1) is 12.9 Å². The average Bonchev–Trinajstić information content (AvgIpc) is 2.51. The summed E-state index contributed by atoms with van der Waals surface area (Å²) in [6, 6.07) is 1.81. The number of aromatic amines is 1. The zero-order valence-corrected chi connectivity index (χ0v) is 13.7. The molecule has 3 rings (SSSR count). The second-order valence-corrected chi connectivity index (χ2v) is 6.44. The van der Waals surface area contributed by atoms with E-state index >= 15 is 0 Å². The predicted molar refractivity (Wildman–Crippen MR) is 85.7 cm³/mol. The number of aromatic nitrogens is 3. The summed E-state index contributed by atoms with van der Waals surface area (Å²) in [5.74, 6) is 0.527. The monoisotopic (exact) mass is 316 g/mol. The molecule has 0 aliphatic carbocycles. The zero-order chi connectivity index (χ0) is 16.6. The minimum absolute atomic E-state index is 0.0446. The third kappa shape index (κ3) is 3.32. The number of nitrogens with zero attached hydrogens (tertiary/aromatic N) is 3. The van der Waals surface area contributed by atoms with Crippen molar-refractivity contribution in [3.63, 3.8) is 0 Å². The summed E-state index contributed by atoms with van der Waals surface area (Å²) >= 11 is 0. The van der Waals surface area contributed by atoms with Crippen molar-refractivity contribution in [3.05, 3.63) is 56.8 Å². The van der Waals surface area contributed by atoms with Crippen molar-refractivity contribution >= 4 is 0 Å². The van der Waals surface area contributed by atoms with Gasteiger partial charge in [0.1, 0.15) is 5.82 Å². The number of H-pyrrole nitrogens is 1. The first kappa shape index (κ1) is 15.8. The molecule has 0 saturated heterocycles. The minimum Gasteiger partial charge on any atom is -0.310 e.